The van der Waals surface area contributed by atoms with Gasteiger partial charge in [-0.25, -0.2) is 0 Å². The minimum absolute atomic E-state index is 0.626. The fourth-order valence-electron chi connectivity index (χ4n) is 2.18. The summed E-state index contributed by atoms with van der Waals surface area (Å²) in [5, 5.41) is 3.61. The lowest BCUT2D eigenvalue weighted by Gasteiger charge is -2.17. The first-order chi connectivity index (χ1) is 7.65. The summed E-state index contributed by atoms with van der Waals surface area (Å²) in [4.78, 5) is 0. The van der Waals surface area contributed by atoms with E-state index in [1.54, 1.807) is 0 Å². The third-order valence-electron chi connectivity index (χ3n) is 2.94. The van der Waals surface area contributed by atoms with Gasteiger partial charge in [-0.3, -0.25) is 0 Å². The zero-order valence-electron chi connectivity index (χ0n) is 11.1. The number of hydrogen-bond donors (Lipinski definition) is 1. The van der Waals surface area contributed by atoms with Crippen molar-refractivity contribution < 1.29 is 0 Å². The highest BCUT2D eigenvalue weighted by atomic mass is 14.9. The largest absolute Gasteiger partial charge is 0.314 e. The summed E-state index contributed by atoms with van der Waals surface area (Å²) in [5.41, 5.74) is 4.22. The molecule has 1 nitrogen and oxygen atoms in total. The molecule has 0 aliphatic rings. The van der Waals surface area contributed by atoms with E-state index in [0.717, 1.165) is 13.0 Å². The lowest BCUT2D eigenvalue weighted by atomic mass is 10.00. The van der Waals surface area contributed by atoms with Crippen LogP contribution in [0.1, 0.15) is 43.4 Å². The van der Waals surface area contributed by atoms with Crippen LogP contribution in [0.3, 0.4) is 0 Å². The predicted molar refractivity (Wildman–Crippen MR) is 72.0 cm³/mol. The Morgan fingerprint density at radius 3 is 2.19 bits per heavy atom. The van der Waals surface area contributed by atoms with Crippen LogP contribution in [0, 0.1) is 13.8 Å². The Labute approximate surface area is 100 Å². The molecule has 1 heteroatoms. The first-order valence-electron chi connectivity index (χ1n) is 6.46. The molecule has 0 spiro atoms. The predicted octanol–water partition coefficient (Wildman–Crippen LogP) is 3.62. The van der Waals surface area contributed by atoms with Crippen LogP contribution in [-0.4, -0.2) is 12.6 Å². The highest BCUT2D eigenvalue weighted by Crippen LogP contribution is 2.12. The molecule has 0 heterocycles. The molecule has 1 aromatic rings. The first-order valence-corrected chi connectivity index (χ1v) is 6.46. The van der Waals surface area contributed by atoms with Crippen molar-refractivity contribution in [3.8, 4) is 0 Å². The van der Waals surface area contributed by atoms with Gasteiger partial charge in [-0.15, -0.1) is 0 Å². The summed E-state index contributed by atoms with van der Waals surface area (Å²) in [6.07, 6.45) is 3.56. The average molecular weight is 219 g/mol. The Kier molecular flexibility index (Phi) is 5.54. The molecule has 0 saturated heterocycles. The summed E-state index contributed by atoms with van der Waals surface area (Å²) >= 11 is 0. The van der Waals surface area contributed by atoms with Crippen LogP contribution in [0.5, 0.6) is 0 Å². The monoisotopic (exact) mass is 219 g/mol. The standard InChI is InChI=1S/C15H25N/c1-5-7-16-15(6-2)11-14-9-12(3)8-13(4)10-14/h8-10,15-16H,5-7,11H2,1-4H3. The third kappa shape index (κ3) is 4.36. The molecule has 1 N–H and O–H groups in total. The second kappa shape index (κ2) is 6.70. The smallest absolute Gasteiger partial charge is 0.0105 e. The van der Waals surface area contributed by atoms with Crippen LogP contribution in [0.15, 0.2) is 18.2 Å². The number of benzene rings is 1. The fourth-order valence-corrected chi connectivity index (χ4v) is 2.18. The molecule has 0 radical (unpaired) electrons. The van der Waals surface area contributed by atoms with E-state index in [-0.39, 0.29) is 0 Å². The molecular formula is C15H25N. The highest BCUT2D eigenvalue weighted by molar-refractivity contribution is 5.29. The van der Waals surface area contributed by atoms with Crippen LogP contribution < -0.4 is 5.32 Å². The van der Waals surface area contributed by atoms with Gasteiger partial charge in [0, 0.05) is 6.04 Å². The summed E-state index contributed by atoms with van der Waals surface area (Å²) in [6, 6.07) is 7.48. The second-order valence-electron chi connectivity index (χ2n) is 4.76. The quantitative estimate of drug-likeness (QED) is 0.770. The van der Waals surface area contributed by atoms with Gasteiger partial charge in [0.05, 0.1) is 0 Å². The molecule has 1 atom stereocenters. The molecule has 0 amide bonds. The molecule has 1 aromatic carbocycles. The van der Waals surface area contributed by atoms with Crippen molar-refractivity contribution in [2.24, 2.45) is 0 Å². The number of nitrogens with one attached hydrogen (secondary N) is 1. The molecular weight excluding hydrogens is 194 g/mol. The maximum Gasteiger partial charge on any atom is 0.0105 e. The third-order valence-corrected chi connectivity index (χ3v) is 2.94. The van der Waals surface area contributed by atoms with Gasteiger partial charge in [0.2, 0.25) is 0 Å². The van der Waals surface area contributed by atoms with Gasteiger partial charge in [-0.05, 0) is 45.2 Å². The van der Waals surface area contributed by atoms with Crippen molar-refractivity contribution in [3.63, 3.8) is 0 Å². The van der Waals surface area contributed by atoms with Gasteiger partial charge < -0.3 is 5.32 Å². The zero-order valence-corrected chi connectivity index (χ0v) is 11.1. The molecule has 0 aliphatic carbocycles. The molecule has 0 bridgehead atoms. The molecule has 0 saturated carbocycles. The van der Waals surface area contributed by atoms with Crippen LogP contribution in [0.25, 0.3) is 0 Å². The van der Waals surface area contributed by atoms with Crippen molar-refractivity contribution in [1.82, 2.24) is 5.32 Å². The Hall–Kier alpha value is -0.820. The van der Waals surface area contributed by atoms with Crippen LogP contribution in [0.2, 0.25) is 0 Å². The van der Waals surface area contributed by atoms with E-state index < -0.39 is 0 Å². The van der Waals surface area contributed by atoms with E-state index in [1.165, 1.54) is 29.5 Å². The Bertz CT molecular complexity index is 297. The van der Waals surface area contributed by atoms with E-state index in [9.17, 15) is 0 Å². The first kappa shape index (κ1) is 13.2. The molecule has 0 aliphatic heterocycles. The van der Waals surface area contributed by atoms with E-state index >= 15 is 0 Å². The molecule has 0 aromatic heterocycles. The van der Waals surface area contributed by atoms with Crippen molar-refractivity contribution in [2.45, 2.75) is 53.0 Å². The molecule has 90 valence electrons. The van der Waals surface area contributed by atoms with E-state index in [1.807, 2.05) is 0 Å². The van der Waals surface area contributed by atoms with Gasteiger partial charge in [0.15, 0.2) is 0 Å². The highest BCUT2D eigenvalue weighted by Gasteiger charge is 2.06. The van der Waals surface area contributed by atoms with Gasteiger partial charge in [-0.2, -0.15) is 0 Å². The number of hydrogen-bond acceptors (Lipinski definition) is 1. The zero-order chi connectivity index (χ0) is 12.0. The Morgan fingerprint density at radius 2 is 1.69 bits per heavy atom. The van der Waals surface area contributed by atoms with Gasteiger partial charge in [0.1, 0.15) is 0 Å². The normalized spacial score (nSPS) is 12.8. The lowest BCUT2D eigenvalue weighted by Crippen LogP contribution is -2.31. The molecule has 16 heavy (non-hydrogen) atoms. The maximum atomic E-state index is 3.61. The van der Waals surface area contributed by atoms with E-state index in [4.69, 9.17) is 0 Å². The number of rotatable bonds is 6. The average Bonchev–Trinajstić information content (AvgIpc) is 2.22. The molecule has 1 rings (SSSR count). The van der Waals surface area contributed by atoms with Gasteiger partial charge >= 0.3 is 0 Å². The van der Waals surface area contributed by atoms with Crippen molar-refractivity contribution >= 4 is 0 Å². The second-order valence-corrected chi connectivity index (χ2v) is 4.76. The van der Waals surface area contributed by atoms with Gasteiger partial charge in [0.25, 0.3) is 0 Å². The SMILES string of the molecule is CCCNC(CC)Cc1cc(C)cc(C)c1. The maximum absolute atomic E-state index is 3.61. The summed E-state index contributed by atoms with van der Waals surface area (Å²) in [7, 11) is 0. The van der Waals surface area contributed by atoms with E-state index in [2.05, 4.69) is 51.2 Å². The lowest BCUT2D eigenvalue weighted by molar-refractivity contribution is 0.494. The Morgan fingerprint density at radius 1 is 1.06 bits per heavy atom. The van der Waals surface area contributed by atoms with Crippen molar-refractivity contribution in [1.29, 1.82) is 0 Å². The van der Waals surface area contributed by atoms with Crippen molar-refractivity contribution in [2.75, 3.05) is 6.54 Å². The summed E-state index contributed by atoms with van der Waals surface area (Å²) in [5.74, 6) is 0. The van der Waals surface area contributed by atoms with Crippen molar-refractivity contribution in [3.05, 3.63) is 34.9 Å². The van der Waals surface area contributed by atoms with E-state index in [0.29, 0.717) is 6.04 Å². The summed E-state index contributed by atoms with van der Waals surface area (Å²) in [6.45, 7) is 9.96. The van der Waals surface area contributed by atoms with Crippen LogP contribution in [-0.2, 0) is 6.42 Å². The van der Waals surface area contributed by atoms with Crippen LogP contribution >= 0.6 is 0 Å². The fraction of sp³-hybridized carbons (Fsp3) is 0.600. The molecule has 0 fully saturated rings. The van der Waals surface area contributed by atoms with Crippen LogP contribution in [0.4, 0.5) is 0 Å². The minimum atomic E-state index is 0.626. The summed E-state index contributed by atoms with van der Waals surface area (Å²) < 4.78 is 0. The topological polar surface area (TPSA) is 12.0 Å². The molecule has 1 unspecified atom stereocenters. The number of aryl methyl sites for hydroxylation is 2. The Balaban J connectivity index is 2.62. The van der Waals surface area contributed by atoms with Gasteiger partial charge in [-0.1, -0.05) is 43.2 Å². The minimum Gasteiger partial charge on any atom is -0.314 e.